The Bertz CT molecular complexity index is 809. The summed E-state index contributed by atoms with van der Waals surface area (Å²) in [4.78, 5) is 4.17. The first-order chi connectivity index (χ1) is 11.6. The van der Waals surface area contributed by atoms with Crippen molar-refractivity contribution in [2.75, 3.05) is 0 Å². The van der Waals surface area contributed by atoms with Crippen molar-refractivity contribution in [3.05, 3.63) is 60.4 Å². The summed E-state index contributed by atoms with van der Waals surface area (Å²) in [6.07, 6.45) is 0.944. The van der Waals surface area contributed by atoms with E-state index in [2.05, 4.69) is 15.2 Å². The molecule has 0 unspecified atom stereocenters. The molecule has 1 aromatic heterocycles. The zero-order valence-electron chi connectivity index (χ0n) is 12.8. The molecule has 2 aromatic rings. The predicted octanol–water partition coefficient (Wildman–Crippen LogP) is 1.16. The van der Waals surface area contributed by atoms with E-state index in [9.17, 15) is 3.74 Å². The van der Waals surface area contributed by atoms with Crippen LogP contribution < -0.4 is 10.1 Å². The third-order valence-corrected chi connectivity index (χ3v) is 8.32. The maximum atomic E-state index is 12.4. The topological polar surface area (TPSA) is 99.2 Å². The summed E-state index contributed by atoms with van der Waals surface area (Å²) in [5.74, 6) is 0. The number of nitrogens with zero attached hydrogens (tertiary/aromatic N) is 3. The second-order valence-corrected chi connectivity index (χ2v) is 9.88. The number of hydrogen-bond acceptors (Lipinski definition) is 7. The van der Waals surface area contributed by atoms with Crippen LogP contribution in [-0.4, -0.2) is 36.4 Å². The van der Waals surface area contributed by atoms with Crippen LogP contribution in [0.2, 0.25) is 0 Å². The third-order valence-electron chi connectivity index (χ3n) is 3.07. The van der Waals surface area contributed by atoms with Gasteiger partial charge in [-0.2, -0.15) is 0 Å². The van der Waals surface area contributed by atoms with Gasteiger partial charge in [0.05, 0.1) is 0 Å². The van der Waals surface area contributed by atoms with E-state index in [4.69, 9.17) is 13.0 Å². The van der Waals surface area contributed by atoms with Crippen molar-refractivity contribution in [1.82, 2.24) is 4.98 Å². The molecule has 0 atom stereocenters. The molecule has 7 nitrogen and oxygen atoms in total. The van der Waals surface area contributed by atoms with Crippen LogP contribution >= 0.6 is 11.6 Å². The normalized spacial score (nSPS) is 17.5. The fraction of sp³-hybridized carbons (Fsp3) is 0.0714. The molecule has 0 amide bonds. The van der Waals surface area contributed by atoms with E-state index in [0.29, 0.717) is 15.8 Å². The zero-order chi connectivity index (χ0) is 17.0. The number of benzene rings is 1. The summed E-state index contributed by atoms with van der Waals surface area (Å²) in [5, 5.41) is 8.08. The number of hydrogen-bond donors (Lipinski definition) is 1. The van der Waals surface area contributed by atoms with Crippen LogP contribution in [0.3, 0.4) is 0 Å². The molecular formula is C14H14AsBN4O3S. The molecule has 2 N–H and O–H groups in total. The number of rotatable bonds is 4. The predicted molar refractivity (Wildman–Crippen MR) is 96.1 cm³/mol. The second-order valence-electron chi connectivity index (χ2n) is 4.79. The van der Waals surface area contributed by atoms with Gasteiger partial charge < -0.3 is 0 Å². The molecule has 1 fully saturated rings. The van der Waals surface area contributed by atoms with E-state index >= 15 is 0 Å². The van der Waals surface area contributed by atoms with Crippen molar-refractivity contribution < 1.29 is 11.0 Å². The van der Waals surface area contributed by atoms with Crippen molar-refractivity contribution in [3.8, 4) is 0 Å². The van der Waals surface area contributed by atoms with Crippen molar-refractivity contribution in [2.45, 2.75) is 6.92 Å². The van der Waals surface area contributed by atoms with Gasteiger partial charge in [0, 0.05) is 0 Å². The van der Waals surface area contributed by atoms with E-state index in [1.165, 1.54) is 0 Å². The second kappa shape index (κ2) is 7.40. The quantitative estimate of drug-likeness (QED) is 0.356. The van der Waals surface area contributed by atoms with E-state index in [-0.39, 0.29) is 5.17 Å². The number of pyridine rings is 1. The van der Waals surface area contributed by atoms with E-state index in [0.717, 1.165) is 11.6 Å². The molecule has 122 valence electrons. The van der Waals surface area contributed by atoms with Crippen molar-refractivity contribution in [1.29, 1.82) is 0 Å². The molecule has 1 saturated heterocycles. The minimum absolute atomic E-state index is 0.157. The summed E-state index contributed by atoms with van der Waals surface area (Å²) in [5.41, 5.74) is 7.13. The molecule has 24 heavy (non-hydrogen) atoms. The van der Waals surface area contributed by atoms with Gasteiger partial charge in [-0.15, -0.1) is 0 Å². The number of aromatic nitrogens is 1. The molecule has 0 saturated carbocycles. The van der Waals surface area contributed by atoms with Crippen molar-refractivity contribution >= 4 is 47.4 Å². The molecular weight excluding hydrogens is 390 g/mol. The van der Waals surface area contributed by atoms with Gasteiger partial charge in [0.15, 0.2) is 0 Å². The molecule has 0 bridgehead atoms. The molecule has 1 aliphatic heterocycles. The summed E-state index contributed by atoms with van der Waals surface area (Å²) >= 11 is -2.87. The fourth-order valence-electron chi connectivity index (χ4n) is 1.88. The van der Waals surface area contributed by atoms with Crippen LogP contribution in [0.5, 0.6) is 0 Å². The standard InChI is InChI=1S/C14H14AsBN4O3S/c1-11(13-9-5-6-10-18-13)19-20-14(17)24-16-22-15(21,23-16)12-7-3-2-4-8-12/h2-10H,1H3,(H2,17,20)/b19-11+. The first kappa shape index (κ1) is 17.0. The summed E-state index contributed by atoms with van der Waals surface area (Å²) < 4.78 is 23.8. The average molecular weight is 404 g/mol. The molecule has 1 aliphatic rings. The number of amidine groups is 1. The Hall–Kier alpha value is -1.80. The minimum atomic E-state index is -3.89. The monoisotopic (exact) mass is 404 g/mol. The van der Waals surface area contributed by atoms with Gasteiger partial charge in [-0.05, 0) is 0 Å². The van der Waals surface area contributed by atoms with Gasteiger partial charge in [0.25, 0.3) is 0 Å². The molecule has 1 aromatic carbocycles. The first-order valence-corrected chi connectivity index (χ1v) is 11.2. The maximum absolute atomic E-state index is 12.4. The van der Waals surface area contributed by atoms with Gasteiger partial charge in [-0.25, -0.2) is 0 Å². The van der Waals surface area contributed by atoms with Crippen LogP contribution in [0.25, 0.3) is 0 Å². The summed E-state index contributed by atoms with van der Waals surface area (Å²) in [7, 11) is 0. The Morgan fingerprint density at radius 3 is 2.54 bits per heavy atom. The number of nitrogens with two attached hydrogens (primary N) is 1. The fourth-order valence-corrected chi connectivity index (χ4v) is 6.60. The van der Waals surface area contributed by atoms with Gasteiger partial charge >= 0.3 is 147 Å². The van der Waals surface area contributed by atoms with Crippen LogP contribution in [0.1, 0.15) is 12.6 Å². The Morgan fingerprint density at radius 2 is 1.88 bits per heavy atom. The van der Waals surface area contributed by atoms with Crippen LogP contribution in [0.4, 0.5) is 0 Å². The van der Waals surface area contributed by atoms with E-state index in [1.807, 2.05) is 24.3 Å². The molecule has 3 rings (SSSR count). The average Bonchev–Trinajstić information content (AvgIpc) is 2.59. The SMILES string of the molecule is C/C(=N\N=C(/N)SB1O[As](=O)(c2ccccc2)O1)c1ccccn1. The molecule has 0 spiro atoms. The molecule has 0 radical (unpaired) electrons. The van der Waals surface area contributed by atoms with Gasteiger partial charge in [0.1, 0.15) is 0 Å². The molecule has 10 heteroatoms. The van der Waals surface area contributed by atoms with Crippen LogP contribution in [0.15, 0.2) is 64.9 Å². The van der Waals surface area contributed by atoms with Gasteiger partial charge in [-0.1, -0.05) is 0 Å². The Labute approximate surface area is 146 Å². The van der Waals surface area contributed by atoms with E-state index < -0.39 is 20.6 Å². The van der Waals surface area contributed by atoms with Crippen LogP contribution in [-0.2, 0) is 11.0 Å². The third kappa shape index (κ3) is 3.99. The Balaban J connectivity index is 1.57. The summed E-state index contributed by atoms with van der Waals surface area (Å²) in [6.45, 7) is 1.78. The zero-order valence-corrected chi connectivity index (χ0v) is 15.5. The van der Waals surface area contributed by atoms with Crippen molar-refractivity contribution in [2.24, 2.45) is 15.9 Å². The Morgan fingerprint density at radius 1 is 1.17 bits per heavy atom. The van der Waals surface area contributed by atoms with E-state index in [1.54, 1.807) is 37.4 Å². The van der Waals surface area contributed by atoms with Crippen LogP contribution in [0, 0.1) is 0 Å². The summed E-state index contributed by atoms with van der Waals surface area (Å²) in [6, 6.07) is 14.4. The van der Waals surface area contributed by atoms with Gasteiger partial charge in [0.2, 0.25) is 0 Å². The van der Waals surface area contributed by atoms with Gasteiger partial charge in [-0.3, -0.25) is 0 Å². The Kier molecular flexibility index (Phi) is 5.25. The molecule has 2 heterocycles. The first-order valence-electron chi connectivity index (χ1n) is 7.05. The van der Waals surface area contributed by atoms with Crippen molar-refractivity contribution in [3.63, 3.8) is 0 Å². The molecule has 0 aliphatic carbocycles.